The van der Waals surface area contributed by atoms with Crippen LogP contribution in [0.5, 0.6) is 0 Å². The Kier molecular flexibility index (Phi) is 7.01. The highest BCUT2D eigenvalue weighted by atomic mass is 16.7. The van der Waals surface area contributed by atoms with Crippen molar-refractivity contribution in [1.82, 2.24) is 4.90 Å². The third-order valence-corrected chi connectivity index (χ3v) is 3.44. The number of piperidine rings is 1. The van der Waals surface area contributed by atoms with Gasteiger partial charge in [-0.2, -0.15) is 0 Å². The summed E-state index contributed by atoms with van der Waals surface area (Å²) >= 11 is 0. The molecule has 1 unspecified atom stereocenters. The van der Waals surface area contributed by atoms with E-state index >= 15 is 0 Å². The topological polar surface area (TPSA) is 21.7 Å². The van der Waals surface area contributed by atoms with Crippen molar-refractivity contribution in [1.29, 1.82) is 0 Å². The predicted octanol–water partition coefficient (Wildman–Crippen LogP) is 2.51. The van der Waals surface area contributed by atoms with Crippen molar-refractivity contribution in [2.45, 2.75) is 45.3 Å². The Balaban J connectivity index is 2.11. The fourth-order valence-corrected chi connectivity index (χ4v) is 2.43. The van der Waals surface area contributed by atoms with Gasteiger partial charge in [-0.15, -0.1) is 0 Å². The molecule has 1 fully saturated rings. The number of hydrogen-bond donors (Lipinski definition) is 0. The standard InChI is InChI=1S/C13H27NO2/c1-12(7-8-13(15-2)16-3)11-14-9-5-4-6-10-14/h12-13H,4-11H2,1-3H3. The lowest BCUT2D eigenvalue weighted by atomic mass is 10.0. The molecule has 0 aromatic carbocycles. The van der Waals surface area contributed by atoms with Crippen LogP contribution in [0.25, 0.3) is 0 Å². The highest BCUT2D eigenvalue weighted by molar-refractivity contribution is 4.67. The highest BCUT2D eigenvalue weighted by Crippen LogP contribution is 2.15. The number of likely N-dealkylation sites (tertiary alicyclic amines) is 1. The lowest BCUT2D eigenvalue weighted by molar-refractivity contribution is -0.108. The zero-order valence-corrected chi connectivity index (χ0v) is 11.1. The summed E-state index contributed by atoms with van der Waals surface area (Å²) in [5, 5.41) is 0. The van der Waals surface area contributed by atoms with Gasteiger partial charge in [0.2, 0.25) is 0 Å². The number of methoxy groups -OCH3 is 2. The molecule has 96 valence electrons. The molecule has 1 aliphatic heterocycles. The zero-order valence-electron chi connectivity index (χ0n) is 11.1. The van der Waals surface area contributed by atoms with Crippen LogP contribution in [0, 0.1) is 5.92 Å². The van der Waals surface area contributed by atoms with Gasteiger partial charge in [0.1, 0.15) is 0 Å². The lowest BCUT2D eigenvalue weighted by Crippen LogP contribution is -2.33. The van der Waals surface area contributed by atoms with Crippen LogP contribution in [0.2, 0.25) is 0 Å². The Hall–Kier alpha value is -0.120. The van der Waals surface area contributed by atoms with Crippen molar-refractivity contribution in [3.63, 3.8) is 0 Å². The summed E-state index contributed by atoms with van der Waals surface area (Å²) in [6.45, 7) is 6.15. The van der Waals surface area contributed by atoms with Crippen LogP contribution in [-0.4, -0.2) is 45.0 Å². The lowest BCUT2D eigenvalue weighted by Gasteiger charge is -2.29. The molecule has 1 heterocycles. The van der Waals surface area contributed by atoms with E-state index in [1.165, 1.54) is 45.3 Å². The van der Waals surface area contributed by atoms with Gasteiger partial charge in [-0.05, 0) is 44.7 Å². The van der Waals surface area contributed by atoms with Gasteiger partial charge in [0.25, 0.3) is 0 Å². The second-order valence-corrected chi connectivity index (χ2v) is 4.94. The van der Waals surface area contributed by atoms with Crippen LogP contribution in [0.15, 0.2) is 0 Å². The second-order valence-electron chi connectivity index (χ2n) is 4.94. The number of nitrogens with zero attached hydrogens (tertiary/aromatic N) is 1. The van der Waals surface area contributed by atoms with E-state index in [1.807, 2.05) is 0 Å². The summed E-state index contributed by atoms with van der Waals surface area (Å²) in [5.41, 5.74) is 0. The molecule has 1 saturated heterocycles. The van der Waals surface area contributed by atoms with Crippen molar-refractivity contribution in [2.75, 3.05) is 33.9 Å². The summed E-state index contributed by atoms with van der Waals surface area (Å²) in [7, 11) is 3.42. The molecule has 1 aliphatic rings. The van der Waals surface area contributed by atoms with Gasteiger partial charge in [0, 0.05) is 20.8 Å². The molecule has 16 heavy (non-hydrogen) atoms. The van der Waals surface area contributed by atoms with Crippen LogP contribution in [0.3, 0.4) is 0 Å². The van der Waals surface area contributed by atoms with Crippen molar-refractivity contribution in [2.24, 2.45) is 5.92 Å². The normalized spacial score (nSPS) is 20.2. The van der Waals surface area contributed by atoms with Gasteiger partial charge in [-0.3, -0.25) is 0 Å². The van der Waals surface area contributed by atoms with E-state index < -0.39 is 0 Å². The molecule has 0 radical (unpaired) electrons. The molecule has 0 aromatic heterocycles. The SMILES string of the molecule is COC(CCC(C)CN1CCCCC1)OC. The minimum absolute atomic E-state index is 0.0243. The molecule has 0 saturated carbocycles. The Morgan fingerprint density at radius 3 is 2.19 bits per heavy atom. The van der Waals surface area contributed by atoms with Crippen LogP contribution < -0.4 is 0 Å². The van der Waals surface area contributed by atoms with Gasteiger partial charge in [-0.25, -0.2) is 0 Å². The van der Waals surface area contributed by atoms with E-state index in [1.54, 1.807) is 14.2 Å². The van der Waals surface area contributed by atoms with Gasteiger partial charge in [-0.1, -0.05) is 13.3 Å². The fourth-order valence-electron chi connectivity index (χ4n) is 2.43. The van der Waals surface area contributed by atoms with E-state index in [0.717, 1.165) is 12.3 Å². The maximum atomic E-state index is 5.20. The number of rotatable bonds is 7. The third-order valence-electron chi connectivity index (χ3n) is 3.44. The smallest absolute Gasteiger partial charge is 0.156 e. The van der Waals surface area contributed by atoms with Gasteiger partial charge < -0.3 is 14.4 Å². The molecular weight excluding hydrogens is 202 g/mol. The molecular formula is C13H27NO2. The minimum atomic E-state index is -0.0243. The van der Waals surface area contributed by atoms with Crippen molar-refractivity contribution < 1.29 is 9.47 Å². The average molecular weight is 229 g/mol. The molecule has 0 aliphatic carbocycles. The molecule has 1 atom stereocenters. The highest BCUT2D eigenvalue weighted by Gasteiger charge is 2.14. The molecule has 0 amide bonds. The molecule has 0 bridgehead atoms. The van der Waals surface area contributed by atoms with Crippen LogP contribution >= 0.6 is 0 Å². The Bertz CT molecular complexity index is 165. The van der Waals surface area contributed by atoms with Gasteiger partial charge in [0.05, 0.1) is 0 Å². The van der Waals surface area contributed by atoms with Crippen molar-refractivity contribution >= 4 is 0 Å². The monoisotopic (exact) mass is 229 g/mol. The van der Waals surface area contributed by atoms with Crippen LogP contribution in [0.4, 0.5) is 0 Å². The molecule has 3 heteroatoms. The average Bonchev–Trinajstić information content (AvgIpc) is 2.31. The number of ether oxygens (including phenoxy) is 2. The van der Waals surface area contributed by atoms with E-state index in [4.69, 9.17) is 9.47 Å². The Labute approximate surface area is 100 Å². The first-order chi connectivity index (χ1) is 7.76. The van der Waals surface area contributed by atoms with E-state index in [2.05, 4.69) is 11.8 Å². The van der Waals surface area contributed by atoms with E-state index in [0.29, 0.717) is 0 Å². The molecule has 0 N–H and O–H groups in total. The van der Waals surface area contributed by atoms with Crippen LogP contribution in [0.1, 0.15) is 39.0 Å². The third kappa shape index (κ3) is 5.28. The van der Waals surface area contributed by atoms with Crippen LogP contribution in [-0.2, 0) is 9.47 Å². The summed E-state index contributed by atoms with van der Waals surface area (Å²) < 4.78 is 10.4. The van der Waals surface area contributed by atoms with E-state index in [-0.39, 0.29) is 6.29 Å². The molecule has 1 rings (SSSR count). The summed E-state index contributed by atoms with van der Waals surface area (Å²) in [5.74, 6) is 0.742. The molecule has 0 aromatic rings. The first-order valence-electron chi connectivity index (χ1n) is 6.54. The predicted molar refractivity (Wildman–Crippen MR) is 66.5 cm³/mol. The second kappa shape index (κ2) is 8.04. The largest absolute Gasteiger partial charge is 0.356 e. The summed E-state index contributed by atoms with van der Waals surface area (Å²) in [6, 6.07) is 0. The maximum Gasteiger partial charge on any atom is 0.156 e. The van der Waals surface area contributed by atoms with Gasteiger partial charge >= 0.3 is 0 Å². The maximum absolute atomic E-state index is 5.20. The van der Waals surface area contributed by atoms with Gasteiger partial charge in [0.15, 0.2) is 6.29 Å². The number of hydrogen-bond acceptors (Lipinski definition) is 3. The first-order valence-corrected chi connectivity index (χ1v) is 6.54. The first kappa shape index (κ1) is 13.9. The minimum Gasteiger partial charge on any atom is -0.356 e. The Morgan fingerprint density at radius 2 is 1.62 bits per heavy atom. The fraction of sp³-hybridized carbons (Fsp3) is 1.00. The van der Waals surface area contributed by atoms with Crippen molar-refractivity contribution in [3.05, 3.63) is 0 Å². The molecule has 0 spiro atoms. The molecule has 3 nitrogen and oxygen atoms in total. The van der Waals surface area contributed by atoms with E-state index in [9.17, 15) is 0 Å². The Morgan fingerprint density at radius 1 is 1.00 bits per heavy atom. The summed E-state index contributed by atoms with van der Waals surface area (Å²) in [4.78, 5) is 2.60. The zero-order chi connectivity index (χ0) is 11.8. The summed E-state index contributed by atoms with van der Waals surface area (Å²) in [6.07, 6.45) is 6.34. The van der Waals surface area contributed by atoms with Crippen molar-refractivity contribution in [3.8, 4) is 0 Å². The quantitative estimate of drug-likeness (QED) is 0.626.